The lowest BCUT2D eigenvalue weighted by Gasteiger charge is -2.33. The Hall–Kier alpha value is -2.49. The molecule has 1 aliphatic carbocycles. The van der Waals surface area contributed by atoms with Crippen LogP contribution in [-0.2, 0) is 22.4 Å². The number of anilines is 1. The van der Waals surface area contributed by atoms with Crippen LogP contribution in [0.4, 0.5) is 5.69 Å². The Labute approximate surface area is 217 Å². The molecule has 7 N–H and O–H groups in total. The van der Waals surface area contributed by atoms with E-state index in [0.717, 1.165) is 48.9 Å². The van der Waals surface area contributed by atoms with Crippen molar-refractivity contribution in [3.05, 3.63) is 22.8 Å². The van der Waals surface area contributed by atoms with Gasteiger partial charge in [0.05, 0.1) is 18.6 Å². The average Bonchev–Trinajstić information content (AvgIpc) is 2.77. The molecule has 1 amide bonds. The zero-order valence-electron chi connectivity index (χ0n) is 21.9. The van der Waals surface area contributed by atoms with Crippen molar-refractivity contribution in [2.24, 2.45) is 23.5 Å². The molecule has 9 nitrogen and oxygen atoms in total. The van der Waals surface area contributed by atoms with Crippen LogP contribution in [0.3, 0.4) is 0 Å². The molecule has 0 radical (unpaired) electrons. The largest absolute Gasteiger partial charge is 0.507 e. The van der Waals surface area contributed by atoms with Gasteiger partial charge in [0.2, 0.25) is 5.91 Å². The van der Waals surface area contributed by atoms with Crippen molar-refractivity contribution < 1.29 is 38.0 Å². The molecule has 2 rings (SSSR count). The van der Waals surface area contributed by atoms with Gasteiger partial charge in [-0.15, -0.1) is 0 Å². The number of ketones is 2. The molecule has 3 atom stereocenters. The number of hydrogen-bond donors (Lipinski definition) is 4. The number of carbonyl (C=O) groups excluding carboxylic acids is 3. The highest BCUT2D eigenvalue weighted by molar-refractivity contribution is 6.03. The van der Waals surface area contributed by atoms with E-state index in [2.05, 4.69) is 6.92 Å². The van der Waals surface area contributed by atoms with Gasteiger partial charge in [-0.3, -0.25) is 14.4 Å². The second-order valence-electron chi connectivity index (χ2n) is 10.1. The van der Waals surface area contributed by atoms with Crippen molar-refractivity contribution >= 4 is 23.2 Å². The molecule has 0 bridgehead atoms. The zero-order chi connectivity index (χ0) is 26.1. The highest BCUT2D eigenvalue weighted by Gasteiger charge is 2.36. The minimum Gasteiger partial charge on any atom is -0.507 e. The molecule has 0 saturated carbocycles. The molecule has 0 heterocycles. The molecule has 0 aromatic heterocycles. The summed E-state index contributed by atoms with van der Waals surface area (Å²) in [6.07, 6.45) is 6.03. The first kappa shape index (κ1) is 31.5. The number of aryl methyl sites for hydroxylation is 1. The molecule has 208 valence electrons. The van der Waals surface area contributed by atoms with Crippen LogP contribution >= 0.6 is 0 Å². The summed E-state index contributed by atoms with van der Waals surface area (Å²) in [6.45, 7) is 1.53. The van der Waals surface area contributed by atoms with Crippen LogP contribution in [0.5, 0.6) is 5.75 Å². The van der Waals surface area contributed by atoms with E-state index in [1.54, 1.807) is 0 Å². The minimum atomic E-state index is -0.821. The maximum atomic E-state index is 13.3. The first-order valence-electron chi connectivity index (χ1n) is 12.7. The summed E-state index contributed by atoms with van der Waals surface area (Å²) < 4.78 is 0. The number of carbonyl (C=O) groups is 3. The van der Waals surface area contributed by atoms with Gasteiger partial charge in [-0.2, -0.15) is 0 Å². The molecule has 0 spiro atoms. The van der Waals surface area contributed by atoms with E-state index in [1.807, 2.05) is 25.1 Å². The first-order chi connectivity index (χ1) is 16.6. The van der Waals surface area contributed by atoms with Crippen molar-refractivity contribution in [3.8, 4) is 5.75 Å². The lowest BCUT2D eigenvalue weighted by molar-refractivity contribution is -0.131. The molecule has 36 heavy (non-hydrogen) atoms. The van der Waals surface area contributed by atoms with Crippen molar-refractivity contribution in [2.45, 2.75) is 71.1 Å². The third kappa shape index (κ3) is 8.01. The Bertz CT molecular complexity index is 912. The number of primary amides is 1. The van der Waals surface area contributed by atoms with E-state index in [1.165, 1.54) is 0 Å². The number of Topliss-reactive ketones (excluding diaryl/α,β-unsaturated/α-hetero) is 2. The monoisotopic (exact) mass is 512 g/mol. The second kappa shape index (κ2) is 14.9. The van der Waals surface area contributed by atoms with Crippen LogP contribution in [0.2, 0.25) is 0 Å². The molecule has 0 aliphatic heterocycles. The number of nitrogens with two attached hydrogens (primary N) is 1. The number of benzene rings is 1. The highest BCUT2D eigenvalue weighted by atomic mass is 16.3. The predicted octanol–water partition coefficient (Wildman–Crippen LogP) is 2.44. The summed E-state index contributed by atoms with van der Waals surface area (Å²) in [7, 11) is 3.83. The molecule has 1 aromatic carbocycles. The summed E-state index contributed by atoms with van der Waals surface area (Å²) in [4.78, 5) is 39.0. The number of nitrogens with zero attached hydrogens (tertiary/aromatic N) is 1. The number of rotatable bonds is 15. The Morgan fingerprint density at radius 2 is 1.89 bits per heavy atom. The van der Waals surface area contributed by atoms with Gasteiger partial charge in [0.25, 0.3) is 0 Å². The fraction of sp³-hybridized carbons (Fsp3) is 0.667. The first-order valence-corrected chi connectivity index (χ1v) is 12.7. The zero-order valence-corrected chi connectivity index (χ0v) is 21.9. The molecule has 9 heteroatoms. The summed E-state index contributed by atoms with van der Waals surface area (Å²) in [5.41, 5.74) is 8.08. The van der Waals surface area contributed by atoms with Crippen molar-refractivity contribution in [3.63, 3.8) is 0 Å². The van der Waals surface area contributed by atoms with Crippen LogP contribution in [0.25, 0.3) is 0 Å². The lowest BCUT2D eigenvalue weighted by atomic mass is 9.73. The predicted molar refractivity (Wildman–Crippen MR) is 143 cm³/mol. The number of phenols is 1. The molecule has 0 saturated heterocycles. The van der Waals surface area contributed by atoms with Crippen LogP contribution in [0, 0.1) is 17.8 Å². The van der Waals surface area contributed by atoms with Crippen LogP contribution in [-0.4, -0.2) is 65.6 Å². The third-order valence-corrected chi connectivity index (χ3v) is 7.15. The second-order valence-corrected chi connectivity index (χ2v) is 10.1. The van der Waals surface area contributed by atoms with Crippen molar-refractivity contribution in [2.75, 3.05) is 32.2 Å². The van der Waals surface area contributed by atoms with Crippen molar-refractivity contribution in [1.29, 1.82) is 0 Å². The minimum absolute atomic E-state index is 0. The number of aromatic hydroxyl groups is 1. The molecule has 3 unspecified atom stereocenters. The summed E-state index contributed by atoms with van der Waals surface area (Å²) >= 11 is 0. The maximum absolute atomic E-state index is 13.3. The van der Waals surface area contributed by atoms with E-state index in [9.17, 15) is 29.7 Å². The van der Waals surface area contributed by atoms with Gasteiger partial charge in [0.15, 0.2) is 5.78 Å². The number of fused-ring (bicyclic) bond motifs is 1. The summed E-state index contributed by atoms with van der Waals surface area (Å²) in [6, 6.07) is 1.98. The van der Waals surface area contributed by atoms with Gasteiger partial charge in [-0.05, 0) is 61.1 Å². The van der Waals surface area contributed by atoms with Crippen LogP contribution < -0.4 is 10.6 Å². The number of unbranched alkanes of at least 4 members (excludes halogenated alkanes) is 3. The Kier molecular flexibility index (Phi) is 13.1. The van der Waals surface area contributed by atoms with Gasteiger partial charge < -0.3 is 31.4 Å². The van der Waals surface area contributed by atoms with Gasteiger partial charge >= 0.3 is 0 Å². The molecule has 0 fully saturated rings. The molecule has 1 aliphatic rings. The van der Waals surface area contributed by atoms with Gasteiger partial charge in [-0.1, -0.05) is 26.2 Å². The fourth-order valence-corrected chi connectivity index (χ4v) is 5.38. The maximum Gasteiger partial charge on any atom is 0.224 e. The van der Waals surface area contributed by atoms with E-state index >= 15 is 0 Å². The van der Waals surface area contributed by atoms with E-state index in [0.29, 0.717) is 18.4 Å². The van der Waals surface area contributed by atoms with Gasteiger partial charge in [0, 0.05) is 41.6 Å². The summed E-state index contributed by atoms with van der Waals surface area (Å²) in [5, 5.41) is 30.5. The number of aliphatic hydroxyl groups excluding tert-OH is 2. The molecular weight excluding hydrogens is 464 g/mol. The van der Waals surface area contributed by atoms with Gasteiger partial charge in [-0.25, -0.2) is 0 Å². The Morgan fingerprint density at radius 1 is 1.19 bits per heavy atom. The smallest absolute Gasteiger partial charge is 0.224 e. The number of amides is 1. The summed E-state index contributed by atoms with van der Waals surface area (Å²) in [5.74, 6) is -2.56. The third-order valence-electron chi connectivity index (χ3n) is 7.15. The number of hydrogen-bond acceptors (Lipinski definition) is 7. The van der Waals surface area contributed by atoms with Crippen LogP contribution in [0.15, 0.2) is 6.07 Å². The van der Waals surface area contributed by atoms with Gasteiger partial charge in [0.1, 0.15) is 11.5 Å². The van der Waals surface area contributed by atoms with Crippen molar-refractivity contribution in [1.82, 2.24) is 0 Å². The van der Waals surface area contributed by atoms with E-state index < -0.39 is 30.6 Å². The SMILES string of the molecule is CCCCCCc1cc(N(C)C)c2c(c1O)C(=O)CC(CC(CCO)C(CO)C(=O)CC(N)=O)C2.O.[HH].[HH]. The fourth-order valence-electron chi connectivity index (χ4n) is 5.38. The molecule has 1 aromatic rings. The lowest BCUT2D eigenvalue weighted by Crippen LogP contribution is -2.34. The number of aliphatic hydroxyl groups is 2. The van der Waals surface area contributed by atoms with Crippen LogP contribution in [0.1, 0.15) is 82.6 Å². The van der Waals surface area contributed by atoms with E-state index in [4.69, 9.17) is 5.73 Å². The quantitative estimate of drug-likeness (QED) is 0.206. The number of phenolic OH excluding ortho intramolecular Hbond substituents is 1. The highest BCUT2D eigenvalue weighted by Crippen LogP contribution is 2.42. The normalized spacial score (nSPS) is 16.6. The Morgan fingerprint density at radius 3 is 2.44 bits per heavy atom. The average molecular weight is 513 g/mol. The molecular formula is C27H48N2O7. The topological polar surface area (TPSA) is 173 Å². The Balaban J connectivity index is 0. The van der Waals surface area contributed by atoms with E-state index in [-0.39, 0.29) is 51.1 Å². The standard InChI is InChI=1S/C27H42N2O6.H2O.2H2/c1-4-5-6-7-8-19-14-22(29(2)3)20-12-17(13-24(33)26(20)27(19)35)11-18(9-10-30)21(16-31)23(32)15-25(28)34;;;/h14,17-18,21,30-31,35H,4-13,15-16H2,1-3H3,(H2,28,34);1H2;2*1H.